The summed E-state index contributed by atoms with van der Waals surface area (Å²) in [6, 6.07) is 0. The van der Waals surface area contributed by atoms with Gasteiger partial charge in [0, 0.05) is 0 Å². The third kappa shape index (κ3) is 5.61. The summed E-state index contributed by atoms with van der Waals surface area (Å²) in [5.74, 6) is 0.492. The number of halogens is 2. The zero-order chi connectivity index (χ0) is 16.7. The van der Waals surface area contributed by atoms with Gasteiger partial charge in [-0.05, 0) is 0 Å². The van der Waals surface area contributed by atoms with Crippen molar-refractivity contribution in [2.75, 3.05) is 6.61 Å². The molecule has 0 saturated heterocycles. The summed E-state index contributed by atoms with van der Waals surface area (Å²) in [4.78, 5) is 0. The zero-order valence-electron chi connectivity index (χ0n) is 16.2. The maximum atomic E-state index is 9.37. The quantitative estimate of drug-likeness (QED) is 0.597. The molecule has 0 amide bonds. The summed E-state index contributed by atoms with van der Waals surface area (Å²) in [6.07, 6.45) is 0.843. The topological polar surface area (TPSA) is 32.3 Å². The molecule has 0 radical (unpaired) electrons. The Bertz CT molecular complexity index is 558. The van der Waals surface area contributed by atoms with Crippen LogP contribution < -0.4 is 3.26 Å². The van der Waals surface area contributed by atoms with E-state index in [-0.39, 0.29) is 37.0 Å². The molecule has 0 aromatic heterocycles. The van der Waals surface area contributed by atoms with Crippen LogP contribution >= 0.6 is 24.8 Å². The Kier molecular flexibility index (Phi) is 9.49. The molecule has 2 nitrogen and oxygen atoms in total. The molecule has 1 aliphatic carbocycles. The van der Waals surface area contributed by atoms with Gasteiger partial charge in [0.25, 0.3) is 0 Å². The van der Waals surface area contributed by atoms with Gasteiger partial charge in [-0.1, -0.05) is 0 Å². The van der Waals surface area contributed by atoms with Crippen molar-refractivity contribution in [3.05, 3.63) is 20.0 Å². The molecule has 1 atom stereocenters. The van der Waals surface area contributed by atoms with Crippen molar-refractivity contribution in [3.63, 3.8) is 0 Å². The van der Waals surface area contributed by atoms with Crippen molar-refractivity contribution in [1.82, 2.24) is 3.26 Å². The van der Waals surface area contributed by atoms with E-state index in [1.165, 1.54) is 16.7 Å². The van der Waals surface area contributed by atoms with Crippen LogP contribution in [0.2, 0.25) is 8.76 Å². The van der Waals surface area contributed by atoms with Crippen LogP contribution in [-0.2, 0) is 18.6 Å². The second-order valence-electron chi connectivity index (χ2n) is 8.56. The Morgan fingerprint density at radius 1 is 1.13 bits per heavy atom. The summed E-state index contributed by atoms with van der Waals surface area (Å²) >= 11 is -3.55. The van der Waals surface area contributed by atoms with Crippen LogP contribution in [0.3, 0.4) is 0 Å². The predicted molar refractivity (Wildman–Crippen MR) is 107 cm³/mol. The molecular formula is C18H37Cl2NOZr. The minimum atomic E-state index is -3.55. The third-order valence-electron chi connectivity index (χ3n) is 5.18. The third-order valence-corrected chi connectivity index (χ3v) is 18.9. The minimum absolute atomic E-state index is 0. The van der Waals surface area contributed by atoms with Crippen LogP contribution in [-0.4, -0.2) is 21.5 Å². The molecule has 0 aromatic carbocycles. The molecule has 0 aromatic rings. The van der Waals surface area contributed by atoms with Crippen molar-refractivity contribution in [2.45, 2.75) is 69.2 Å². The summed E-state index contributed by atoms with van der Waals surface area (Å²) < 4.78 is 13.9. The number of hydrogen-bond acceptors (Lipinski definition) is 2. The van der Waals surface area contributed by atoms with E-state index in [0.29, 0.717) is 5.92 Å². The number of aliphatic hydroxyl groups is 1. The molecule has 23 heavy (non-hydrogen) atoms. The Balaban J connectivity index is 0. The first-order valence-corrected chi connectivity index (χ1v) is 16.6. The SMILES string of the molecule is Cl.Cl.[CH2]=[Zr]([CH3])([CH2]CCO)([NH]C(C)(C)C)[C]1=C(C)C(C)=C(C)C1C. The average Bonchev–Trinajstić information content (AvgIpc) is 2.49. The number of allylic oxidation sites excluding steroid dienone is 4. The van der Waals surface area contributed by atoms with Crippen LogP contribution in [0.1, 0.15) is 54.9 Å². The van der Waals surface area contributed by atoms with Gasteiger partial charge in [-0.3, -0.25) is 0 Å². The first kappa shape index (κ1) is 26.0. The van der Waals surface area contributed by atoms with E-state index in [4.69, 9.17) is 4.21 Å². The molecule has 5 heteroatoms. The van der Waals surface area contributed by atoms with Crippen LogP contribution in [0.15, 0.2) is 20.0 Å². The fraction of sp³-hybridized carbons (Fsp3) is 0.722. The fourth-order valence-corrected chi connectivity index (χ4v) is 20.7. The molecule has 0 fully saturated rings. The van der Waals surface area contributed by atoms with Crippen LogP contribution in [0, 0.1) is 5.92 Å². The van der Waals surface area contributed by atoms with Gasteiger partial charge >= 0.3 is 133 Å². The van der Waals surface area contributed by atoms with Crippen LogP contribution in [0.5, 0.6) is 0 Å². The van der Waals surface area contributed by atoms with Crippen LogP contribution in [0.25, 0.3) is 0 Å². The standard InChI is InChI=1S/C9H13.C4H10N.C3H7O.CH3.CH2.2ClH.Zr/c1-6-5-7(2)9(4)8(6)3;1-4(2,3)5;1-2-3-4;;;;;/h6H,1-4H3;5H,1-3H3;4H,1-3H2;1H3;1H2;2*1H;/q;-1;;;;;;+1. The first-order chi connectivity index (χ1) is 9.32. The summed E-state index contributed by atoms with van der Waals surface area (Å²) in [7, 11) is 0. The van der Waals surface area contributed by atoms with Gasteiger partial charge in [-0.25, -0.2) is 0 Å². The van der Waals surface area contributed by atoms with Gasteiger partial charge in [0.1, 0.15) is 0 Å². The summed E-state index contributed by atoms with van der Waals surface area (Å²) in [6.45, 7) is 16.1. The number of aliphatic hydroxyl groups excluding tert-OH is 1. The van der Waals surface area contributed by atoms with E-state index in [1.807, 2.05) is 0 Å². The van der Waals surface area contributed by atoms with Crippen molar-refractivity contribution >= 4 is 29.0 Å². The zero-order valence-corrected chi connectivity index (χ0v) is 20.3. The van der Waals surface area contributed by atoms with Gasteiger partial charge in [0.05, 0.1) is 0 Å². The maximum absolute atomic E-state index is 9.37. The molecule has 0 spiro atoms. The summed E-state index contributed by atoms with van der Waals surface area (Å²) in [5, 5.41) is 9.37. The van der Waals surface area contributed by atoms with Gasteiger partial charge in [-0.15, -0.1) is 24.8 Å². The van der Waals surface area contributed by atoms with Gasteiger partial charge in [0.2, 0.25) is 0 Å². The van der Waals surface area contributed by atoms with Crippen LogP contribution in [0.4, 0.5) is 0 Å². The van der Waals surface area contributed by atoms with Gasteiger partial charge < -0.3 is 0 Å². The van der Waals surface area contributed by atoms with E-state index in [9.17, 15) is 5.11 Å². The predicted octanol–water partition coefficient (Wildman–Crippen LogP) is 5.36. The number of hydrogen-bond donors (Lipinski definition) is 2. The van der Waals surface area contributed by atoms with E-state index < -0.39 is 18.6 Å². The van der Waals surface area contributed by atoms with E-state index in [1.54, 1.807) is 3.28 Å². The van der Waals surface area contributed by atoms with E-state index in [0.717, 1.165) is 10.5 Å². The number of nitrogens with one attached hydrogen (secondary N) is 1. The molecule has 1 unspecified atom stereocenters. The van der Waals surface area contributed by atoms with E-state index >= 15 is 0 Å². The first-order valence-electron chi connectivity index (χ1n) is 8.18. The Morgan fingerprint density at radius 3 is 1.91 bits per heavy atom. The molecule has 138 valence electrons. The molecule has 1 aliphatic rings. The Morgan fingerprint density at radius 2 is 1.61 bits per heavy atom. The second-order valence-corrected chi connectivity index (χ2v) is 23.0. The molecule has 2 N–H and O–H groups in total. The Labute approximate surface area is 157 Å². The van der Waals surface area contributed by atoms with Gasteiger partial charge in [0.15, 0.2) is 0 Å². The Hall–Kier alpha value is 0.733. The molecule has 0 saturated carbocycles. The van der Waals surface area contributed by atoms with Crippen molar-refractivity contribution < 1.29 is 23.7 Å². The van der Waals surface area contributed by atoms with Crippen molar-refractivity contribution in [1.29, 1.82) is 0 Å². The molecule has 0 heterocycles. The molecule has 0 aliphatic heterocycles. The van der Waals surface area contributed by atoms with Crippen molar-refractivity contribution in [3.8, 4) is 0 Å². The van der Waals surface area contributed by atoms with Gasteiger partial charge in [-0.2, -0.15) is 0 Å². The normalized spacial score (nSPS) is 19.7. The second kappa shape index (κ2) is 8.41. The van der Waals surface area contributed by atoms with Crippen molar-refractivity contribution in [2.24, 2.45) is 5.92 Å². The monoisotopic (exact) mass is 443 g/mol. The number of rotatable bonds is 5. The molecule has 1 rings (SSSR count). The fourth-order valence-electron chi connectivity index (χ4n) is 4.46. The van der Waals surface area contributed by atoms with E-state index in [2.05, 4.69) is 56.4 Å². The average molecular weight is 446 g/mol. The summed E-state index contributed by atoms with van der Waals surface area (Å²) in [5.41, 5.74) is 4.45. The molecular weight excluding hydrogens is 408 g/mol. The molecule has 0 bridgehead atoms.